The molecule has 3 heterocycles. The lowest BCUT2D eigenvalue weighted by molar-refractivity contribution is 0.898. The standard InChI is InChI=1S/C12H10N4O/c1-15-10-7-14-11(16-5-4-13-8-16)6-9(10)2-3-12(15)17/h2-8H,1H3. The summed E-state index contributed by atoms with van der Waals surface area (Å²) in [6.07, 6.45) is 6.92. The third-order valence-electron chi connectivity index (χ3n) is 2.77. The average molecular weight is 226 g/mol. The SMILES string of the molecule is Cn1c(=O)ccc2cc(-n3ccnc3)ncc21. The lowest BCUT2D eigenvalue weighted by Gasteiger charge is -2.06. The van der Waals surface area contributed by atoms with Gasteiger partial charge in [-0.15, -0.1) is 0 Å². The van der Waals surface area contributed by atoms with Gasteiger partial charge in [-0.05, 0) is 12.1 Å². The van der Waals surface area contributed by atoms with E-state index in [2.05, 4.69) is 9.97 Å². The van der Waals surface area contributed by atoms with Crippen LogP contribution in [0.3, 0.4) is 0 Å². The second-order valence-corrected chi connectivity index (χ2v) is 3.80. The molecule has 0 aliphatic heterocycles. The van der Waals surface area contributed by atoms with Crippen molar-refractivity contribution in [2.24, 2.45) is 7.05 Å². The summed E-state index contributed by atoms with van der Waals surface area (Å²) in [6, 6.07) is 5.29. The van der Waals surface area contributed by atoms with Gasteiger partial charge in [-0.2, -0.15) is 0 Å². The summed E-state index contributed by atoms with van der Waals surface area (Å²) < 4.78 is 3.41. The molecule has 0 aliphatic rings. The normalized spacial score (nSPS) is 10.9. The van der Waals surface area contributed by atoms with E-state index in [1.807, 2.05) is 16.8 Å². The van der Waals surface area contributed by atoms with Crippen molar-refractivity contribution in [1.82, 2.24) is 19.1 Å². The molecule has 0 aliphatic carbocycles. The number of aryl methyl sites for hydroxylation is 1. The van der Waals surface area contributed by atoms with Gasteiger partial charge in [0.05, 0.1) is 11.7 Å². The Morgan fingerprint density at radius 3 is 2.94 bits per heavy atom. The molecule has 5 nitrogen and oxygen atoms in total. The van der Waals surface area contributed by atoms with Gasteiger partial charge in [0.1, 0.15) is 12.1 Å². The van der Waals surface area contributed by atoms with Crippen LogP contribution in [0.5, 0.6) is 0 Å². The minimum atomic E-state index is -0.0327. The van der Waals surface area contributed by atoms with Crippen LogP contribution in [0.25, 0.3) is 16.7 Å². The average Bonchev–Trinajstić information content (AvgIpc) is 2.87. The Balaban J connectivity index is 2.28. The number of fused-ring (bicyclic) bond motifs is 1. The molecule has 0 fully saturated rings. The summed E-state index contributed by atoms with van der Waals surface area (Å²) in [5.74, 6) is 0.786. The molecule has 0 N–H and O–H groups in total. The lowest BCUT2D eigenvalue weighted by Crippen LogP contribution is -2.15. The molecule has 0 saturated heterocycles. The van der Waals surface area contributed by atoms with E-state index in [4.69, 9.17) is 0 Å². The van der Waals surface area contributed by atoms with Gasteiger partial charge in [0.25, 0.3) is 5.56 Å². The van der Waals surface area contributed by atoms with Crippen LogP contribution < -0.4 is 5.56 Å². The minimum Gasteiger partial charge on any atom is -0.310 e. The van der Waals surface area contributed by atoms with Crippen LogP contribution in [0, 0.1) is 0 Å². The molecule has 3 rings (SSSR count). The van der Waals surface area contributed by atoms with Gasteiger partial charge < -0.3 is 4.57 Å². The lowest BCUT2D eigenvalue weighted by atomic mass is 10.2. The molecule has 0 bridgehead atoms. The largest absolute Gasteiger partial charge is 0.310 e. The van der Waals surface area contributed by atoms with Crippen molar-refractivity contribution in [1.29, 1.82) is 0 Å². The number of aromatic nitrogens is 4. The van der Waals surface area contributed by atoms with Gasteiger partial charge in [-0.1, -0.05) is 0 Å². The van der Waals surface area contributed by atoms with Crippen LogP contribution >= 0.6 is 0 Å². The van der Waals surface area contributed by atoms with E-state index in [1.54, 1.807) is 42.5 Å². The molecule has 5 heteroatoms. The molecule has 0 aromatic carbocycles. The first-order valence-electron chi connectivity index (χ1n) is 5.20. The Hall–Kier alpha value is -2.43. The van der Waals surface area contributed by atoms with Gasteiger partial charge in [0.15, 0.2) is 0 Å². The fraction of sp³-hybridized carbons (Fsp3) is 0.0833. The predicted octanol–water partition coefficient (Wildman–Crippen LogP) is 1.12. The second kappa shape index (κ2) is 3.55. The molecular weight excluding hydrogens is 216 g/mol. The van der Waals surface area contributed by atoms with Crippen LogP contribution in [-0.4, -0.2) is 19.1 Å². The minimum absolute atomic E-state index is 0.0327. The molecule has 3 aromatic rings. The number of rotatable bonds is 1. The summed E-state index contributed by atoms with van der Waals surface area (Å²) in [6.45, 7) is 0. The number of hydrogen-bond acceptors (Lipinski definition) is 3. The quantitative estimate of drug-likeness (QED) is 0.624. The van der Waals surface area contributed by atoms with Crippen molar-refractivity contribution < 1.29 is 0 Å². The highest BCUT2D eigenvalue weighted by atomic mass is 16.1. The topological polar surface area (TPSA) is 52.7 Å². The fourth-order valence-electron chi connectivity index (χ4n) is 1.79. The second-order valence-electron chi connectivity index (χ2n) is 3.80. The first-order chi connectivity index (χ1) is 8.25. The van der Waals surface area contributed by atoms with Gasteiger partial charge >= 0.3 is 0 Å². The van der Waals surface area contributed by atoms with E-state index in [9.17, 15) is 4.79 Å². The van der Waals surface area contributed by atoms with Crippen LogP contribution in [0.4, 0.5) is 0 Å². The van der Waals surface area contributed by atoms with Gasteiger partial charge in [-0.25, -0.2) is 9.97 Å². The molecule has 0 atom stereocenters. The number of hydrogen-bond donors (Lipinski definition) is 0. The zero-order chi connectivity index (χ0) is 11.8. The maximum atomic E-state index is 11.5. The van der Waals surface area contributed by atoms with E-state index >= 15 is 0 Å². The van der Waals surface area contributed by atoms with Crippen molar-refractivity contribution in [3.05, 3.63) is 53.5 Å². The first kappa shape index (κ1) is 9.77. The monoisotopic (exact) mass is 226 g/mol. The molecule has 0 saturated carbocycles. The van der Waals surface area contributed by atoms with Crippen molar-refractivity contribution in [3.63, 3.8) is 0 Å². The van der Waals surface area contributed by atoms with E-state index in [0.29, 0.717) is 0 Å². The molecule has 0 amide bonds. The third-order valence-corrected chi connectivity index (χ3v) is 2.77. The Morgan fingerprint density at radius 2 is 2.18 bits per heavy atom. The number of imidazole rings is 1. The Bertz CT molecular complexity index is 728. The highest BCUT2D eigenvalue weighted by Gasteiger charge is 2.02. The predicted molar refractivity (Wildman–Crippen MR) is 64.1 cm³/mol. The summed E-state index contributed by atoms with van der Waals surface area (Å²) in [7, 11) is 1.74. The smallest absolute Gasteiger partial charge is 0.250 e. The van der Waals surface area contributed by atoms with Crippen molar-refractivity contribution >= 4 is 10.9 Å². The van der Waals surface area contributed by atoms with Gasteiger partial charge in [-0.3, -0.25) is 9.36 Å². The molecule has 0 radical (unpaired) electrons. The summed E-state index contributed by atoms with van der Waals surface area (Å²) in [5.41, 5.74) is 0.788. The Kier molecular flexibility index (Phi) is 2.04. The van der Waals surface area contributed by atoms with Crippen LogP contribution in [0.2, 0.25) is 0 Å². The van der Waals surface area contributed by atoms with Crippen molar-refractivity contribution in [3.8, 4) is 5.82 Å². The molecular formula is C12H10N4O. The first-order valence-corrected chi connectivity index (χ1v) is 5.20. The number of nitrogens with zero attached hydrogens (tertiary/aromatic N) is 4. The van der Waals surface area contributed by atoms with E-state index < -0.39 is 0 Å². The maximum absolute atomic E-state index is 11.5. The Morgan fingerprint density at radius 1 is 1.29 bits per heavy atom. The van der Waals surface area contributed by atoms with Crippen LogP contribution in [-0.2, 0) is 7.05 Å². The fourth-order valence-corrected chi connectivity index (χ4v) is 1.79. The third kappa shape index (κ3) is 1.52. The molecule has 0 unspecified atom stereocenters. The molecule has 84 valence electrons. The highest BCUT2D eigenvalue weighted by Crippen LogP contribution is 2.13. The van der Waals surface area contributed by atoms with Crippen molar-refractivity contribution in [2.45, 2.75) is 0 Å². The maximum Gasteiger partial charge on any atom is 0.250 e. The molecule has 3 aromatic heterocycles. The molecule has 17 heavy (non-hydrogen) atoms. The van der Waals surface area contributed by atoms with E-state index in [-0.39, 0.29) is 5.56 Å². The summed E-state index contributed by atoms with van der Waals surface area (Å²) in [5, 5.41) is 0.978. The van der Waals surface area contributed by atoms with E-state index in [0.717, 1.165) is 16.7 Å². The van der Waals surface area contributed by atoms with E-state index in [1.165, 1.54) is 0 Å². The Labute approximate surface area is 97.0 Å². The van der Waals surface area contributed by atoms with Crippen LogP contribution in [0.1, 0.15) is 0 Å². The zero-order valence-electron chi connectivity index (χ0n) is 9.24. The van der Waals surface area contributed by atoms with Crippen molar-refractivity contribution in [2.75, 3.05) is 0 Å². The number of pyridine rings is 2. The summed E-state index contributed by atoms with van der Waals surface area (Å²) in [4.78, 5) is 19.8. The van der Waals surface area contributed by atoms with Gasteiger partial charge in [0, 0.05) is 30.9 Å². The van der Waals surface area contributed by atoms with Crippen LogP contribution in [0.15, 0.2) is 47.9 Å². The zero-order valence-corrected chi connectivity index (χ0v) is 9.24. The highest BCUT2D eigenvalue weighted by molar-refractivity contribution is 5.79. The summed E-state index contributed by atoms with van der Waals surface area (Å²) >= 11 is 0. The van der Waals surface area contributed by atoms with Gasteiger partial charge in [0.2, 0.25) is 0 Å². The molecule has 0 spiro atoms.